The van der Waals surface area contributed by atoms with Gasteiger partial charge in [-0.05, 0) is 55.5 Å². The number of amides is 1. The third-order valence-corrected chi connectivity index (χ3v) is 7.50. The number of halogens is 1. The predicted octanol–water partition coefficient (Wildman–Crippen LogP) is 4.84. The van der Waals surface area contributed by atoms with Gasteiger partial charge in [-0.15, -0.1) is 11.3 Å². The number of carbonyl (C=O) groups excluding carboxylic acids is 1. The van der Waals surface area contributed by atoms with Crippen molar-refractivity contribution in [2.24, 2.45) is 5.92 Å². The zero-order valence-electron chi connectivity index (χ0n) is 17.7. The molecule has 2 atom stereocenters. The molecule has 4 nitrogen and oxygen atoms in total. The first-order valence-electron chi connectivity index (χ1n) is 11.2. The number of hydrogen-bond donors (Lipinski definition) is 1. The van der Waals surface area contributed by atoms with E-state index >= 15 is 0 Å². The van der Waals surface area contributed by atoms with E-state index in [2.05, 4.69) is 39.6 Å². The lowest BCUT2D eigenvalue weighted by Crippen LogP contribution is -2.53. The van der Waals surface area contributed by atoms with E-state index in [1.807, 2.05) is 12.1 Å². The molecular weight excluding hydrogens is 397 g/mol. The summed E-state index contributed by atoms with van der Waals surface area (Å²) in [6.45, 7) is 5.79. The molecular formula is C24H32FN3OS. The van der Waals surface area contributed by atoms with E-state index in [1.165, 1.54) is 36.3 Å². The second-order valence-electron chi connectivity index (χ2n) is 8.59. The van der Waals surface area contributed by atoms with Crippen LogP contribution in [-0.4, -0.2) is 43.0 Å². The van der Waals surface area contributed by atoms with E-state index in [0.717, 1.165) is 44.7 Å². The fraction of sp³-hybridized carbons (Fsp3) is 0.542. The Morgan fingerprint density at radius 2 is 1.77 bits per heavy atom. The molecule has 2 aliphatic rings. The van der Waals surface area contributed by atoms with Crippen molar-refractivity contribution in [3.05, 3.63) is 52.5 Å². The van der Waals surface area contributed by atoms with E-state index in [1.54, 1.807) is 11.3 Å². The molecule has 6 heteroatoms. The molecule has 1 saturated heterocycles. The van der Waals surface area contributed by atoms with Crippen LogP contribution in [0.3, 0.4) is 0 Å². The lowest BCUT2D eigenvalue weighted by Gasteiger charge is -2.42. The van der Waals surface area contributed by atoms with E-state index in [9.17, 15) is 9.18 Å². The number of piperazine rings is 1. The maximum Gasteiger partial charge on any atom is 0.223 e. The molecule has 1 aromatic heterocycles. The van der Waals surface area contributed by atoms with Crippen LogP contribution in [0.4, 0.5) is 10.1 Å². The minimum Gasteiger partial charge on any atom is -0.369 e. The van der Waals surface area contributed by atoms with Gasteiger partial charge in [0, 0.05) is 48.7 Å². The number of nitrogens with zero attached hydrogens (tertiary/aromatic N) is 2. The van der Waals surface area contributed by atoms with Gasteiger partial charge in [-0.3, -0.25) is 9.69 Å². The fourth-order valence-corrected chi connectivity index (χ4v) is 5.86. The summed E-state index contributed by atoms with van der Waals surface area (Å²) in [6.07, 6.45) is 5.66. The molecule has 2 heterocycles. The second-order valence-corrected chi connectivity index (χ2v) is 9.57. The molecule has 30 heavy (non-hydrogen) atoms. The first kappa shape index (κ1) is 21.3. The van der Waals surface area contributed by atoms with Crippen LogP contribution in [0.25, 0.3) is 0 Å². The van der Waals surface area contributed by atoms with E-state index < -0.39 is 0 Å². The molecule has 2 fully saturated rings. The minimum atomic E-state index is -0.197. The van der Waals surface area contributed by atoms with Crippen molar-refractivity contribution in [1.29, 1.82) is 0 Å². The van der Waals surface area contributed by atoms with Gasteiger partial charge in [0.25, 0.3) is 0 Å². The van der Waals surface area contributed by atoms with Gasteiger partial charge in [-0.2, -0.15) is 0 Å². The van der Waals surface area contributed by atoms with Crippen LogP contribution in [0.5, 0.6) is 0 Å². The average Bonchev–Trinajstić information content (AvgIpc) is 3.30. The molecule has 0 bridgehead atoms. The molecule has 0 spiro atoms. The van der Waals surface area contributed by atoms with Crippen LogP contribution < -0.4 is 10.2 Å². The molecule has 4 rings (SSSR count). The van der Waals surface area contributed by atoms with Crippen LogP contribution in [0.2, 0.25) is 0 Å². The third kappa shape index (κ3) is 5.03. The Hall–Kier alpha value is -1.92. The number of hydrogen-bond acceptors (Lipinski definition) is 4. The van der Waals surface area contributed by atoms with Crippen molar-refractivity contribution in [1.82, 2.24) is 10.2 Å². The summed E-state index contributed by atoms with van der Waals surface area (Å²) in [5.41, 5.74) is 1.07. The maximum atomic E-state index is 13.2. The average molecular weight is 430 g/mol. The van der Waals surface area contributed by atoms with Crippen molar-refractivity contribution < 1.29 is 9.18 Å². The summed E-state index contributed by atoms with van der Waals surface area (Å²) in [6, 6.07) is 11.3. The third-order valence-electron chi connectivity index (χ3n) is 6.55. The number of rotatable bonds is 6. The number of nitrogens with one attached hydrogen (secondary N) is 1. The van der Waals surface area contributed by atoms with Crippen LogP contribution >= 0.6 is 11.3 Å². The molecule has 162 valence electrons. The van der Waals surface area contributed by atoms with Gasteiger partial charge in [0.1, 0.15) is 5.82 Å². The Kier molecular flexibility index (Phi) is 7.05. The van der Waals surface area contributed by atoms with Crippen molar-refractivity contribution in [2.75, 3.05) is 31.1 Å². The minimum absolute atomic E-state index is 0.0652. The van der Waals surface area contributed by atoms with Crippen molar-refractivity contribution >= 4 is 22.9 Å². The highest BCUT2D eigenvalue weighted by Crippen LogP contribution is 2.31. The van der Waals surface area contributed by atoms with Crippen LogP contribution in [0.1, 0.15) is 49.9 Å². The van der Waals surface area contributed by atoms with Gasteiger partial charge in [0.15, 0.2) is 0 Å². The van der Waals surface area contributed by atoms with Crippen molar-refractivity contribution in [3.8, 4) is 0 Å². The zero-order valence-corrected chi connectivity index (χ0v) is 18.5. The fourth-order valence-electron chi connectivity index (χ4n) is 4.90. The van der Waals surface area contributed by atoms with Gasteiger partial charge >= 0.3 is 0 Å². The molecule has 2 aromatic rings. The normalized spacial score (nSPS) is 20.7. The zero-order chi connectivity index (χ0) is 20.9. The lowest BCUT2D eigenvalue weighted by molar-refractivity contribution is -0.127. The first-order chi connectivity index (χ1) is 14.6. The second kappa shape index (κ2) is 9.92. The molecule has 1 saturated carbocycles. The molecule has 0 radical (unpaired) electrons. The van der Waals surface area contributed by atoms with Crippen LogP contribution in [0, 0.1) is 11.7 Å². The van der Waals surface area contributed by atoms with E-state index in [0.29, 0.717) is 0 Å². The van der Waals surface area contributed by atoms with Gasteiger partial charge in [-0.25, -0.2) is 4.39 Å². The number of anilines is 1. The summed E-state index contributed by atoms with van der Waals surface area (Å²) >= 11 is 1.77. The predicted molar refractivity (Wildman–Crippen MR) is 121 cm³/mol. The summed E-state index contributed by atoms with van der Waals surface area (Å²) < 4.78 is 13.2. The smallest absolute Gasteiger partial charge is 0.223 e. The maximum absolute atomic E-state index is 13.2. The van der Waals surface area contributed by atoms with Gasteiger partial charge < -0.3 is 10.2 Å². The lowest BCUT2D eigenvalue weighted by atomic mass is 9.88. The van der Waals surface area contributed by atoms with Crippen LogP contribution in [0.15, 0.2) is 41.8 Å². The Bertz CT molecular complexity index is 796. The van der Waals surface area contributed by atoms with Gasteiger partial charge in [0.2, 0.25) is 5.91 Å². The summed E-state index contributed by atoms with van der Waals surface area (Å²) in [4.78, 5) is 19.0. The first-order valence-corrected chi connectivity index (χ1v) is 12.1. The summed E-state index contributed by atoms with van der Waals surface area (Å²) in [5.74, 6) is 0.215. The number of thiophene rings is 1. The SMILES string of the molecule is C[C@H](NC(=O)C1CCCCC1)[C@H](c1cccs1)N1CCN(c2ccc(F)cc2)CC1. The molecule has 1 N–H and O–H groups in total. The molecule has 1 aromatic carbocycles. The molecule has 0 unspecified atom stereocenters. The van der Waals surface area contributed by atoms with Gasteiger partial charge in [0.05, 0.1) is 6.04 Å². The summed E-state index contributed by atoms with van der Waals surface area (Å²) in [5, 5.41) is 5.47. The monoisotopic (exact) mass is 429 g/mol. The van der Waals surface area contributed by atoms with E-state index in [-0.39, 0.29) is 29.7 Å². The van der Waals surface area contributed by atoms with E-state index in [4.69, 9.17) is 0 Å². The number of carbonyl (C=O) groups is 1. The topological polar surface area (TPSA) is 35.6 Å². The molecule has 1 aliphatic heterocycles. The highest BCUT2D eigenvalue weighted by molar-refractivity contribution is 7.10. The highest BCUT2D eigenvalue weighted by atomic mass is 32.1. The molecule has 1 amide bonds. The largest absolute Gasteiger partial charge is 0.369 e. The van der Waals surface area contributed by atoms with Crippen LogP contribution in [-0.2, 0) is 4.79 Å². The Balaban J connectivity index is 1.41. The van der Waals surface area contributed by atoms with Gasteiger partial charge in [-0.1, -0.05) is 25.3 Å². The number of benzene rings is 1. The molecule has 1 aliphatic carbocycles. The summed E-state index contributed by atoms with van der Waals surface area (Å²) in [7, 11) is 0. The standard InChI is InChI=1S/C24H32FN3OS/c1-18(26-24(29)19-6-3-2-4-7-19)23(22-8-5-17-30-22)28-15-13-27(14-16-28)21-11-9-20(25)10-12-21/h5,8-12,17-19,23H,2-4,6-7,13-16H2,1H3,(H,26,29)/t18-,23+/m0/s1. The van der Waals surface area contributed by atoms with Crippen molar-refractivity contribution in [3.63, 3.8) is 0 Å². The van der Waals surface area contributed by atoms with Crippen molar-refractivity contribution in [2.45, 2.75) is 51.1 Å². The quantitative estimate of drug-likeness (QED) is 0.714. The highest BCUT2D eigenvalue weighted by Gasteiger charge is 2.32. The Labute approximate surface area is 183 Å². The Morgan fingerprint density at radius 3 is 2.40 bits per heavy atom. The Morgan fingerprint density at radius 1 is 1.07 bits per heavy atom.